The summed E-state index contributed by atoms with van der Waals surface area (Å²) in [7, 11) is 1.66. The van der Waals surface area contributed by atoms with Gasteiger partial charge in [-0.2, -0.15) is 15.4 Å². The minimum Gasteiger partial charge on any atom is -0.380 e. The SMILES string of the molecule is COCc1cccc2sc(NC(=O)C3CCc4n[nH]nc4C3)nc12. The lowest BCUT2D eigenvalue weighted by molar-refractivity contribution is -0.120. The molecule has 0 saturated carbocycles. The highest BCUT2D eigenvalue weighted by molar-refractivity contribution is 7.22. The van der Waals surface area contributed by atoms with E-state index in [-0.39, 0.29) is 11.8 Å². The Bertz CT molecular complexity index is 888. The molecule has 7 nitrogen and oxygen atoms in total. The van der Waals surface area contributed by atoms with Crippen LogP contribution in [0, 0.1) is 5.92 Å². The summed E-state index contributed by atoms with van der Waals surface area (Å²) in [5.74, 6) is -0.0935. The molecule has 0 radical (unpaired) electrons. The van der Waals surface area contributed by atoms with Crippen molar-refractivity contribution < 1.29 is 9.53 Å². The van der Waals surface area contributed by atoms with Gasteiger partial charge in [-0.15, -0.1) is 0 Å². The Morgan fingerprint density at radius 3 is 3.17 bits per heavy atom. The topological polar surface area (TPSA) is 92.8 Å². The number of thiazole rings is 1. The number of nitrogens with one attached hydrogen (secondary N) is 2. The van der Waals surface area contributed by atoms with Crippen LogP contribution in [-0.4, -0.2) is 33.4 Å². The summed E-state index contributed by atoms with van der Waals surface area (Å²) in [5, 5.41) is 14.4. The molecule has 1 aliphatic rings. The number of para-hydroxylation sites is 1. The molecule has 0 spiro atoms. The van der Waals surface area contributed by atoms with Crippen molar-refractivity contribution in [3.63, 3.8) is 0 Å². The Kier molecular flexibility index (Phi) is 3.99. The number of ether oxygens (including phenoxy) is 1. The molecule has 2 aromatic heterocycles. The van der Waals surface area contributed by atoms with Gasteiger partial charge in [-0.1, -0.05) is 23.5 Å². The van der Waals surface area contributed by atoms with Crippen LogP contribution in [0.5, 0.6) is 0 Å². The fourth-order valence-electron chi connectivity index (χ4n) is 3.05. The van der Waals surface area contributed by atoms with Gasteiger partial charge in [0.1, 0.15) is 0 Å². The second-order valence-electron chi connectivity index (χ2n) is 5.86. The summed E-state index contributed by atoms with van der Waals surface area (Å²) >= 11 is 1.48. The molecule has 0 saturated heterocycles. The first-order chi connectivity index (χ1) is 11.7. The lowest BCUT2D eigenvalue weighted by atomic mass is 9.89. The number of aromatic amines is 1. The zero-order chi connectivity index (χ0) is 16.5. The van der Waals surface area contributed by atoms with Crippen molar-refractivity contribution >= 4 is 32.6 Å². The predicted molar refractivity (Wildman–Crippen MR) is 90.9 cm³/mol. The normalized spacial score (nSPS) is 17.0. The fraction of sp³-hybridized carbons (Fsp3) is 0.375. The zero-order valence-electron chi connectivity index (χ0n) is 13.2. The molecule has 124 valence electrons. The maximum absolute atomic E-state index is 12.6. The molecule has 3 aromatic rings. The standard InChI is InChI=1S/C16H17N5O2S/c1-23-8-10-3-2-4-13-14(10)17-16(24-13)18-15(22)9-5-6-11-12(7-9)20-21-19-11/h2-4,9H,5-8H2,1H3,(H,17,18,22)(H,19,20,21). The molecule has 1 amide bonds. The molecular weight excluding hydrogens is 326 g/mol. The Morgan fingerprint density at radius 1 is 1.42 bits per heavy atom. The monoisotopic (exact) mass is 343 g/mol. The van der Waals surface area contributed by atoms with Crippen molar-refractivity contribution in [3.05, 3.63) is 35.2 Å². The lowest BCUT2D eigenvalue weighted by Gasteiger charge is -2.18. The summed E-state index contributed by atoms with van der Waals surface area (Å²) in [6.07, 6.45) is 2.18. The third-order valence-electron chi connectivity index (χ3n) is 4.28. The van der Waals surface area contributed by atoms with Crippen LogP contribution < -0.4 is 5.32 Å². The average Bonchev–Trinajstić information content (AvgIpc) is 3.20. The third kappa shape index (κ3) is 2.78. The number of carbonyl (C=O) groups is 1. The largest absolute Gasteiger partial charge is 0.380 e. The van der Waals surface area contributed by atoms with E-state index in [0.717, 1.165) is 40.0 Å². The number of methoxy groups -OCH3 is 1. The molecule has 1 aromatic carbocycles. The Hall–Kier alpha value is -2.32. The van der Waals surface area contributed by atoms with Crippen LogP contribution in [-0.2, 0) is 29.0 Å². The molecule has 1 unspecified atom stereocenters. The quantitative estimate of drug-likeness (QED) is 0.758. The Labute approximate surface area is 142 Å². The van der Waals surface area contributed by atoms with Crippen molar-refractivity contribution in [1.82, 2.24) is 20.4 Å². The number of hydrogen-bond donors (Lipinski definition) is 2. The number of aromatic nitrogens is 4. The summed E-state index contributed by atoms with van der Waals surface area (Å²) in [6, 6.07) is 5.97. The molecule has 2 N–H and O–H groups in total. The second-order valence-corrected chi connectivity index (χ2v) is 6.89. The number of nitrogens with zero attached hydrogens (tertiary/aromatic N) is 3. The number of carbonyl (C=O) groups excluding carboxylic acids is 1. The van der Waals surface area contributed by atoms with Gasteiger partial charge in [0, 0.05) is 25.0 Å². The van der Waals surface area contributed by atoms with Crippen molar-refractivity contribution in [2.75, 3.05) is 12.4 Å². The average molecular weight is 343 g/mol. The number of aryl methyl sites for hydroxylation is 1. The van der Waals surface area contributed by atoms with E-state index in [4.69, 9.17) is 4.74 Å². The van der Waals surface area contributed by atoms with Gasteiger partial charge in [0.05, 0.1) is 28.2 Å². The van der Waals surface area contributed by atoms with Crippen LogP contribution in [0.15, 0.2) is 18.2 Å². The van der Waals surface area contributed by atoms with E-state index in [0.29, 0.717) is 18.2 Å². The Morgan fingerprint density at radius 2 is 2.29 bits per heavy atom. The minimum atomic E-state index is -0.0898. The first-order valence-electron chi connectivity index (χ1n) is 7.81. The van der Waals surface area contributed by atoms with Crippen LogP contribution in [0.1, 0.15) is 23.4 Å². The second kappa shape index (κ2) is 6.29. The maximum atomic E-state index is 12.6. The van der Waals surface area contributed by atoms with E-state index < -0.39 is 0 Å². The van der Waals surface area contributed by atoms with Gasteiger partial charge in [0.25, 0.3) is 0 Å². The minimum absolute atomic E-state index is 0.00371. The predicted octanol–water partition coefficient (Wildman–Crippen LogP) is 2.30. The molecule has 24 heavy (non-hydrogen) atoms. The first kappa shape index (κ1) is 15.2. The number of H-pyrrole nitrogens is 1. The molecule has 1 atom stereocenters. The Balaban J connectivity index is 1.52. The first-order valence-corrected chi connectivity index (χ1v) is 8.63. The van der Waals surface area contributed by atoms with E-state index in [1.165, 1.54) is 11.3 Å². The maximum Gasteiger partial charge on any atom is 0.229 e. The van der Waals surface area contributed by atoms with Gasteiger partial charge in [-0.3, -0.25) is 4.79 Å². The number of anilines is 1. The van der Waals surface area contributed by atoms with E-state index in [9.17, 15) is 4.79 Å². The van der Waals surface area contributed by atoms with E-state index in [1.54, 1.807) is 7.11 Å². The molecule has 8 heteroatoms. The van der Waals surface area contributed by atoms with Gasteiger partial charge in [0.15, 0.2) is 5.13 Å². The molecule has 0 bridgehead atoms. The number of fused-ring (bicyclic) bond motifs is 2. The van der Waals surface area contributed by atoms with E-state index in [2.05, 4.69) is 25.7 Å². The highest BCUT2D eigenvalue weighted by Gasteiger charge is 2.27. The molecular formula is C16H17N5O2S. The smallest absolute Gasteiger partial charge is 0.229 e. The highest BCUT2D eigenvalue weighted by atomic mass is 32.1. The van der Waals surface area contributed by atoms with Crippen LogP contribution in [0.4, 0.5) is 5.13 Å². The third-order valence-corrected chi connectivity index (χ3v) is 5.21. The molecule has 0 aliphatic heterocycles. The van der Waals surface area contributed by atoms with E-state index in [1.807, 2.05) is 18.2 Å². The number of amides is 1. The van der Waals surface area contributed by atoms with Crippen LogP contribution in [0.3, 0.4) is 0 Å². The van der Waals surface area contributed by atoms with Crippen LogP contribution in [0.25, 0.3) is 10.2 Å². The number of hydrogen-bond acceptors (Lipinski definition) is 6. The van der Waals surface area contributed by atoms with Crippen molar-refractivity contribution in [3.8, 4) is 0 Å². The van der Waals surface area contributed by atoms with Crippen molar-refractivity contribution in [1.29, 1.82) is 0 Å². The number of benzene rings is 1. The van der Waals surface area contributed by atoms with Gasteiger partial charge < -0.3 is 10.1 Å². The highest BCUT2D eigenvalue weighted by Crippen LogP contribution is 2.30. The molecule has 4 rings (SSSR count). The summed E-state index contributed by atoms with van der Waals surface area (Å²) in [4.78, 5) is 17.1. The summed E-state index contributed by atoms with van der Waals surface area (Å²) < 4.78 is 6.25. The van der Waals surface area contributed by atoms with Crippen LogP contribution >= 0.6 is 11.3 Å². The summed E-state index contributed by atoms with van der Waals surface area (Å²) in [6.45, 7) is 0.506. The zero-order valence-corrected chi connectivity index (χ0v) is 14.0. The van der Waals surface area contributed by atoms with Crippen molar-refractivity contribution in [2.24, 2.45) is 5.92 Å². The van der Waals surface area contributed by atoms with Crippen molar-refractivity contribution in [2.45, 2.75) is 25.9 Å². The fourth-order valence-corrected chi connectivity index (χ4v) is 3.96. The van der Waals surface area contributed by atoms with Gasteiger partial charge in [0.2, 0.25) is 5.91 Å². The van der Waals surface area contributed by atoms with Gasteiger partial charge in [-0.05, 0) is 18.9 Å². The van der Waals surface area contributed by atoms with E-state index >= 15 is 0 Å². The summed E-state index contributed by atoms with van der Waals surface area (Å²) in [5.41, 5.74) is 3.79. The number of rotatable bonds is 4. The van der Waals surface area contributed by atoms with Gasteiger partial charge in [-0.25, -0.2) is 4.98 Å². The molecule has 0 fully saturated rings. The van der Waals surface area contributed by atoms with Gasteiger partial charge >= 0.3 is 0 Å². The molecule has 2 heterocycles. The lowest BCUT2D eigenvalue weighted by Crippen LogP contribution is -2.28. The molecule has 1 aliphatic carbocycles. The van der Waals surface area contributed by atoms with Crippen LogP contribution in [0.2, 0.25) is 0 Å².